The zero-order valence-electron chi connectivity index (χ0n) is 10.7. The molecule has 0 bridgehead atoms. The van der Waals surface area contributed by atoms with Crippen LogP contribution in [0.25, 0.3) is 0 Å². The van der Waals surface area contributed by atoms with Gasteiger partial charge in [-0.1, -0.05) is 11.6 Å². The third-order valence-electron chi connectivity index (χ3n) is 3.97. The van der Waals surface area contributed by atoms with Gasteiger partial charge in [0.15, 0.2) is 0 Å². The van der Waals surface area contributed by atoms with E-state index in [0.29, 0.717) is 25.6 Å². The zero-order valence-corrected chi connectivity index (χ0v) is 10.7. The maximum atomic E-state index is 11.2. The van der Waals surface area contributed by atoms with Crippen LogP contribution < -0.4 is 0 Å². The number of morpholine rings is 1. The van der Waals surface area contributed by atoms with Crippen LogP contribution >= 0.6 is 0 Å². The first kappa shape index (κ1) is 12.6. The van der Waals surface area contributed by atoms with Gasteiger partial charge in [-0.05, 0) is 12.8 Å². The fourth-order valence-electron chi connectivity index (χ4n) is 2.55. The van der Waals surface area contributed by atoms with E-state index in [1.54, 1.807) is 0 Å². The molecule has 6 heteroatoms. The molecule has 0 aromatic carbocycles. The minimum atomic E-state index is -0.845. The molecule has 104 valence electrons. The summed E-state index contributed by atoms with van der Waals surface area (Å²) in [5.74, 6) is 0.616. The van der Waals surface area contributed by atoms with Gasteiger partial charge in [0.1, 0.15) is 11.8 Å². The maximum Gasteiger partial charge on any atom is 0.323 e. The molecule has 2 fully saturated rings. The molecule has 1 aliphatic carbocycles. The molecule has 1 aromatic heterocycles. The van der Waals surface area contributed by atoms with Gasteiger partial charge < -0.3 is 14.4 Å². The summed E-state index contributed by atoms with van der Waals surface area (Å²) in [7, 11) is 0. The smallest absolute Gasteiger partial charge is 0.323 e. The molecule has 1 saturated carbocycles. The first-order valence-electron chi connectivity index (χ1n) is 6.74. The van der Waals surface area contributed by atoms with Gasteiger partial charge in [0.25, 0.3) is 0 Å². The van der Waals surface area contributed by atoms with Gasteiger partial charge in [0.05, 0.1) is 18.9 Å². The average molecular weight is 266 g/mol. The van der Waals surface area contributed by atoms with Crippen LogP contribution in [0.15, 0.2) is 10.6 Å². The molecule has 1 aliphatic heterocycles. The highest BCUT2D eigenvalue weighted by Gasteiger charge is 2.30. The molecule has 0 spiro atoms. The predicted molar refractivity (Wildman–Crippen MR) is 65.7 cm³/mol. The van der Waals surface area contributed by atoms with Crippen LogP contribution in [0.1, 0.15) is 36.6 Å². The molecule has 0 radical (unpaired) electrons. The number of carboxylic acids is 1. The minimum absolute atomic E-state index is 0.239. The van der Waals surface area contributed by atoms with E-state index < -0.39 is 12.0 Å². The summed E-state index contributed by atoms with van der Waals surface area (Å²) < 4.78 is 10.6. The lowest BCUT2D eigenvalue weighted by atomic mass is 9.83. The van der Waals surface area contributed by atoms with Crippen molar-refractivity contribution >= 4 is 5.97 Å². The number of carboxylic acid groups (broad SMARTS) is 1. The first-order chi connectivity index (χ1) is 9.24. The van der Waals surface area contributed by atoms with Crippen LogP contribution in [-0.4, -0.2) is 46.9 Å². The fraction of sp³-hybridized carbons (Fsp3) is 0.692. The number of rotatable bonds is 4. The Bertz CT molecular complexity index is 455. The molecule has 2 aliphatic rings. The van der Waals surface area contributed by atoms with Crippen LogP contribution in [0, 0.1) is 0 Å². The molecule has 1 unspecified atom stereocenters. The third-order valence-corrected chi connectivity index (χ3v) is 3.97. The SMILES string of the molecule is O=C(O)C1COCCN1Cc1cc(C2CCC2)on1. The molecule has 1 aromatic rings. The lowest BCUT2D eigenvalue weighted by Crippen LogP contribution is -2.49. The van der Waals surface area contributed by atoms with Crippen LogP contribution in [0.3, 0.4) is 0 Å². The number of ether oxygens (including phenoxy) is 1. The quantitative estimate of drug-likeness (QED) is 0.883. The van der Waals surface area contributed by atoms with E-state index >= 15 is 0 Å². The molecule has 3 rings (SSSR count). The third kappa shape index (κ3) is 2.64. The van der Waals surface area contributed by atoms with Crippen molar-refractivity contribution in [3.05, 3.63) is 17.5 Å². The zero-order chi connectivity index (χ0) is 13.2. The number of nitrogens with zero attached hydrogens (tertiary/aromatic N) is 2. The lowest BCUT2D eigenvalue weighted by Gasteiger charge is -2.31. The molecule has 2 heterocycles. The predicted octanol–water partition coefficient (Wildman–Crippen LogP) is 1.23. The van der Waals surface area contributed by atoms with E-state index in [0.717, 1.165) is 11.5 Å². The van der Waals surface area contributed by atoms with Crippen molar-refractivity contribution < 1.29 is 19.2 Å². The topological polar surface area (TPSA) is 75.8 Å². The van der Waals surface area contributed by atoms with Crippen molar-refractivity contribution in [3.8, 4) is 0 Å². The van der Waals surface area contributed by atoms with E-state index in [2.05, 4.69) is 5.16 Å². The van der Waals surface area contributed by atoms with E-state index in [-0.39, 0.29) is 6.61 Å². The van der Waals surface area contributed by atoms with Gasteiger partial charge in [-0.15, -0.1) is 0 Å². The average Bonchev–Trinajstić information content (AvgIpc) is 2.75. The van der Waals surface area contributed by atoms with E-state index in [1.807, 2.05) is 11.0 Å². The molecular formula is C13H18N2O4. The molecule has 1 N–H and O–H groups in total. The van der Waals surface area contributed by atoms with Crippen LogP contribution in [0.4, 0.5) is 0 Å². The molecule has 1 atom stereocenters. The highest BCUT2D eigenvalue weighted by atomic mass is 16.5. The minimum Gasteiger partial charge on any atom is -0.480 e. The normalized spacial score (nSPS) is 25.2. The van der Waals surface area contributed by atoms with Crippen molar-refractivity contribution in [2.75, 3.05) is 19.8 Å². The molecule has 1 saturated heterocycles. The molecule has 6 nitrogen and oxygen atoms in total. The van der Waals surface area contributed by atoms with E-state index in [1.165, 1.54) is 19.3 Å². The summed E-state index contributed by atoms with van der Waals surface area (Å²) in [6.07, 6.45) is 3.60. The number of aromatic nitrogens is 1. The van der Waals surface area contributed by atoms with Crippen molar-refractivity contribution in [1.82, 2.24) is 10.1 Å². The Labute approximate surface area is 111 Å². The van der Waals surface area contributed by atoms with Crippen LogP contribution in [0.2, 0.25) is 0 Å². The van der Waals surface area contributed by atoms with Gasteiger partial charge in [0.2, 0.25) is 0 Å². The van der Waals surface area contributed by atoms with Crippen molar-refractivity contribution in [2.24, 2.45) is 0 Å². The second-order valence-corrected chi connectivity index (χ2v) is 5.25. The monoisotopic (exact) mass is 266 g/mol. The lowest BCUT2D eigenvalue weighted by molar-refractivity contribution is -0.150. The highest BCUT2D eigenvalue weighted by molar-refractivity contribution is 5.73. The summed E-state index contributed by atoms with van der Waals surface area (Å²) in [6, 6.07) is 1.38. The fourth-order valence-corrected chi connectivity index (χ4v) is 2.55. The van der Waals surface area contributed by atoms with E-state index in [9.17, 15) is 4.79 Å². The second kappa shape index (κ2) is 5.30. The summed E-state index contributed by atoms with van der Waals surface area (Å²) in [5, 5.41) is 13.2. The molecule has 0 amide bonds. The Kier molecular flexibility index (Phi) is 3.52. The van der Waals surface area contributed by atoms with Gasteiger partial charge >= 0.3 is 5.97 Å². The van der Waals surface area contributed by atoms with Gasteiger partial charge in [0, 0.05) is 25.1 Å². The largest absolute Gasteiger partial charge is 0.480 e. The highest BCUT2D eigenvalue weighted by Crippen LogP contribution is 2.36. The van der Waals surface area contributed by atoms with E-state index in [4.69, 9.17) is 14.4 Å². The van der Waals surface area contributed by atoms with Crippen LogP contribution in [-0.2, 0) is 16.1 Å². The Balaban J connectivity index is 1.65. The molecular weight excluding hydrogens is 248 g/mol. The maximum absolute atomic E-state index is 11.2. The Morgan fingerprint density at radius 1 is 1.53 bits per heavy atom. The molecule has 19 heavy (non-hydrogen) atoms. The van der Waals surface area contributed by atoms with Crippen LogP contribution in [0.5, 0.6) is 0 Å². The standard InChI is InChI=1S/C13H18N2O4/c16-13(17)11-8-18-5-4-15(11)7-10-6-12(19-14-10)9-2-1-3-9/h6,9,11H,1-5,7-8H2,(H,16,17). The number of hydrogen-bond donors (Lipinski definition) is 1. The summed E-state index contributed by atoms with van der Waals surface area (Å²) in [6.45, 7) is 1.93. The Hall–Kier alpha value is -1.40. The Morgan fingerprint density at radius 3 is 3.05 bits per heavy atom. The number of hydrogen-bond acceptors (Lipinski definition) is 5. The van der Waals surface area contributed by atoms with Gasteiger partial charge in [-0.25, -0.2) is 0 Å². The number of carbonyl (C=O) groups is 1. The van der Waals surface area contributed by atoms with Crippen molar-refractivity contribution in [1.29, 1.82) is 0 Å². The summed E-state index contributed by atoms with van der Waals surface area (Å²) in [4.78, 5) is 13.0. The van der Waals surface area contributed by atoms with Crippen molar-refractivity contribution in [2.45, 2.75) is 37.8 Å². The van der Waals surface area contributed by atoms with Gasteiger partial charge in [-0.2, -0.15) is 0 Å². The first-order valence-corrected chi connectivity index (χ1v) is 6.74. The second-order valence-electron chi connectivity index (χ2n) is 5.25. The Morgan fingerprint density at radius 2 is 2.37 bits per heavy atom. The summed E-state index contributed by atoms with van der Waals surface area (Å²) >= 11 is 0. The van der Waals surface area contributed by atoms with Gasteiger partial charge in [-0.3, -0.25) is 9.69 Å². The summed E-state index contributed by atoms with van der Waals surface area (Å²) in [5.41, 5.74) is 0.815. The van der Waals surface area contributed by atoms with Crippen molar-refractivity contribution in [3.63, 3.8) is 0 Å². The number of aliphatic carboxylic acids is 1.